The summed E-state index contributed by atoms with van der Waals surface area (Å²) in [7, 11) is 0. The highest BCUT2D eigenvalue weighted by atomic mass is 32.1. The largest absolute Gasteiger partial charge is 0.389 e. The minimum absolute atomic E-state index is 0.0551. The number of aliphatic hydroxyl groups excluding tert-OH is 1. The molecule has 0 aliphatic heterocycles. The molecule has 0 aliphatic carbocycles. The minimum Gasteiger partial charge on any atom is -0.389 e. The molecule has 1 aromatic rings. The highest BCUT2D eigenvalue weighted by Gasteiger charge is 2.05. The van der Waals surface area contributed by atoms with E-state index in [1.165, 1.54) is 0 Å². The molecule has 92 valence electrons. The molecule has 6 heteroatoms. The topological polar surface area (TPSA) is 74.3 Å². The van der Waals surface area contributed by atoms with Crippen LogP contribution in [0.15, 0.2) is 10.2 Å². The van der Waals surface area contributed by atoms with Crippen LogP contribution >= 0.6 is 11.3 Å². The van der Waals surface area contributed by atoms with Gasteiger partial charge in [0, 0.05) is 24.2 Å². The Hall–Kier alpha value is -0.690. The number of aliphatic hydroxyl groups is 1. The molecule has 0 radical (unpaired) electrons. The third-order valence-corrected chi connectivity index (χ3v) is 2.61. The first kappa shape index (κ1) is 13.4. The second-order valence-corrected chi connectivity index (χ2v) is 4.68. The average molecular weight is 246 g/mol. The predicted molar refractivity (Wildman–Crippen MR) is 63.7 cm³/mol. The Morgan fingerprint density at radius 2 is 2.38 bits per heavy atom. The number of H-pyrrole nitrogens is 1. The summed E-state index contributed by atoms with van der Waals surface area (Å²) >= 11 is 1.14. The van der Waals surface area contributed by atoms with Gasteiger partial charge in [-0.15, -0.1) is 0 Å². The van der Waals surface area contributed by atoms with Gasteiger partial charge in [-0.05, 0) is 13.8 Å². The number of hydrogen-bond acceptors (Lipinski definition) is 5. The van der Waals surface area contributed by atoms with Crippen LogP contribution in [-0.2, 0) is 11.3 Å². The summed E-state index contributed by atoms with van der Waals surface area (Å²) in [5.74, 6) is 0. The summed E-state index contributed by atoms with van der Waals surface area (Å²) in [6.07, 6.45) is -0.393. The lowest BCUT2D eigenvalue weighted by Crippen LogP contribution is -2.31. The van der Waals surface area contributed by atoms with Crippen LogP contribution in [0.5, 0.6) is 0 Å². The van der Waals surface area contributed by atoms with Gasteiger partial charge in [-0.2, -0.15) is 0 Å². The maximum Gasteiger partial charge on any atom is 0.304 e. The molecule has 0 amide bonds. The van der Waals surface area contributed by atoms with Crippen molar-refractivity contribution >= 4 is 11.3 Å². The number of hydrogen-bond donors (Lipinski definition) is 3. The molecule has 5 nitrogen and oxygen atoms in total. The maximum atomic E-state index is 10.8. The summed E-state index contributed by atoms with van der Waals surface area (Å²) in [5, 5.41) is 14.3. The fourth-order valence-electron chi connectivity index (χ4n) is 1.14. The number of rotatable bonds is 7. The van der Waals surface area contributed by atoms with Crippen molar-refractivity contribution in [1.82, 2.24) is 10.3 Å². The molecule has 0 bridgehead atoms. The summed E-state index contributed by atoms with van der Waals surface area (Å²) in [6.45, 7) is 5.18. The highest BCUT2D eigenvalue weighted by molar-refractivity contribution is 7.07. The number of nitrogens with one attached hydrogen (secondary N) is 2. The number of aromatic amines is 1. The van der Waals surface area contributed by atoms with Crippen LogP contribution in [0.4, 0.5) is 0 Å². The Morgan fingerprint density at radius 1 is 1.62 bits per heavy atom. The standard InChI is InChI=1S/C10H18N2O3S/c1-7(2)15-5-9(13)4-11-3-8-6-16-10(14)12-8/h6-7,9,11,13H,3-5H2,1-2H3,(H,12,14). The number of ether oxygens (including phenoxy) is 1. The highest BCUT2D eigenvalue weighted by Crippen LogP contribution is 1.95. The van der Waals surface area contributed by atoms with Gasteiger partial charge in [0.1, 0.15) is 0 Å². The zero-order chi connectivity index (χ0) is 12.0. The maximum absolute atomic E-state index is 10.8. The molecule has 16 heavy (non-hydrogen) atoms. The Bertz CT molecular complexity index is 348. The molecule has 1 aromatic heterocycles. The Balaban J connectivity index is 2.13. The van der Waals surface area contributed by atoms with E-state index in [4.69, 9.17) is 4.74 Å². The van der Waals surface area contributed by atoms with Crippen molar-refractivity contribution < 1.29 is 9.84 Å². The molecule has 0 aromatic carbocycles. The van der Waals surface area contributed by atoms with Crippen LogP contribution in [-0.4, -0.2) is 35.5 Å². The van der Waals surface area contributed by atoms with E-state index in [1.54, 1.807) is 5.38 Å². The minimum atomic E-state index is -0.521. The molecule has 1 heterocycles. The summed E-state index contributed by atoms with van der Waals surface area (Å²) < 4.78 is 5.26. The second kappa shape index (κ2) is 6.80. The molecule has 1 atom stereocenters. The van der Waals surface area contributed by atoms with E-state index in [1.807, 2.05) is 13.8 Å². The molecule has 0 saturated heterocycles. The van der Waals surface area contributed by atoms with Gasteiger partial charge in [-0.25, -0.2) is 0 Å². The van der Waals surface area contributed by atoms with Gasteiger partial charge < -0.3 is 20.1 Å². The SMILES string of the molecule is CC(C)OCC(O)CNCc1csc(=O)[nH]1. The zero-order valence-electron chi connectivity index (χ0n) is 9.53. The summed E-state index contributed by atoms with van der Waals surface area (Å²) in [5.41, 5.74) is 0.840. The molecule has 0 aliphatic rings. The van der Waals surface area contributed by atoms with Crippen LogP contribution in [0.25, 0.3) is 0 Å². The normalized spacial score (nSPS) is 13.2. The van der Waals surface area contributed by atoms with E-state index in [0.717, 1.165) is 17.0 Å². The van der Waals surface area contributed by atoms with Gasteiger partial charge in [0.25, 0.3) is 0 Å². The average Bonchev–Trinajstić information content (AvgIpc) is 2.61. The van der Waals surface area contributed by atoms with Gasteiger partial charge >= 0.3 is 4.87 Å². The smallest absolute Gasteiger partial charge is 0.304 e. The first-order valence-corrected chi connectivity index (χ1v) is 6.13. The monoisotopic (exact) mass is 246 g/mol. The molecule has 0 saturated carbocycles. The Labute approximate surface area is 98.5 Å². The van der Waals surface area contributed by atoms with E-state index >= 15 is 0 Å². The Morgan fingerprint density at radius 3 is 2.94 bits per heavy atom. The fraction of sp³-hybridized carbons (Fsp3) is 0.700. The van der Waals surface area contributed by atoms with E-state index in [0.29, 0.717) is 19.7 Å². The third kappa shape index (κ3) is 5.41. The zero-order valence-corrected chi connectivity index (χ0v) is 10.3. The van der Waals surface area contributed by atoms with Gasteiger partial charge in [0.05, 0.1) is 18.8 Å². The van der Waals surface area contributed by atoms with Crippen LogP contribution in [0, 0.1) is 0 Å². The van der Waals surface area contributed by atoms with Gasteiger partial charge in [-0.1, -0.05) is 11.3 Å². The molecule has 0 fully saturated rings. The molecular formula is C10H18N2O3S. The lowest BCUT2D eigenvalue weighted by Gasteiger charge is -2.13. The quantitative estimate of drug-likeness (QED) is 0.647. The van der Waals surface area contributed by atoms with Crippen molar-refractivity contribution in [3.8, 4) is 0 Å². The van der Waals surface area contributed by atoms with Gasteiger partial charge in [-0.3, -0.25) is 4.79 Å². The molecule has 1 rings (SSSR count). The van der Waals surface area contributed by atoms with Gasteiger partial charge in [0.2, 0.25) is 0 Å². The summed E-state index contributed by atoms with van der Waals surface area (Å²) in [6, 6.07) is 0. The van der Waals surface area contributed by atoms with Crippen molar-refractivity contribution in [2.45, 2.75) is 32.6 Å². The first-order valence-electron chi connectivity index (χ1n) is 5.25. The molecular weight excluding hydrogens is 228 g/mol. The summed E-state index contributed by atoms with van der Waals surface area (Å²) in [4.78, 5) is 13.5. The van der Waals surface area contributed by atoms with E-state index in [-0.39, 0.29) is 11.0 Å². The van der Waals surface area contributed by atoms with Crippen molar-refractivity contribution in [1.29, 1.82) is 0 Å². The first-order chi connectivity index (χ1) is 7.58. The van der Waals surface area contributed by atoms with Crippen LogP contribution in [0.2, 0.25) is 0 Å². The van der Waals surface area contributed by atoms with E-state index < -0.39 is 6.10 Å². The van der Waals surface area contributed by atoms with E-state index in [2.05, 4.69) is 10.3 Å². The molecule has 0 spiro atoms. The van der Waals surface area contributed by atoms with Crippen molar-refractivity contribution in [2.24, 2.45) is 0 Å². The molecule has 1 unspecified atom stereocenters. The van der Waals surface area contributed by atoms with Crippen LogP contribution < -0.4 is 10.2 Å². The van der Waals surface area contributed by atoms with E-state index in [9.17, 15) is 9.90 Å². The second-order valence-electron chi connectivity index (χ2n) is 3.84. The van der Waals surface area contributed by atoms with Crippen LogP contribution in [0.3, 0.4) is 0 Å². The number of thiazole rings is 1. The Kier molecular flexibility index (Phi) is 5.68. The van der Waals surface area contributed by atoms with Crippen molar-refractivity contribution in [3.05, 3.63) is 20.7 Å². The third-order valence-electron chi connectivity index (χ3n) is 1.89. The van der Waals surface area contributed by atoms with Crippen molar-refractivity contribution in [3.63, 3.8) is 0 Å². The van der Waals surface area contributed by atoms with Crippen LogP contribution in [0.1, 0.15) is 19.5 Å². The molecule has 3 N–H and O–H groups in total. The fourth-order valence-corrected chi connectivity index (χ4v) is 1.72. The van der Waals surface area contributed by atoms with Crippen molar-refractivity contribution in [2.75, 3.05) is 13.2 Å². The predicted octanol–water partition coefficient (Wildman–Crippen LogP) is 0.312. The lowest BCUT2D eigenvalue weighted by molar-refractivity contribution is 0.00628. The lowest BCUT2D eigenvalue weighted by atomic mass is 10.3. The van der Waals surface area contributed by atoms with Gasteiger partial charge in [0.15, 0.2) is 0 Å². The number of aromatic nitrogens is 1.